The zero-order valence-electron chi connectivity index (χ0n) is 12.1. The van der Waals surface area contributed by atoms with Gasteiger partial charge in [0, 0.05) is 11.6 Å². The molecule has 0 aliphatic rings. The van der Waals surface area contributed by atoms with E-state index in [0.29, 0.717) is 22.3 Å². The van der Waals surface area contributed by atoms with Gasteiger partial charge in [-0.3, -0.25) is 0 Å². The van der Waals surface area contributed by atoms with Crippen LogP contribution in [0.1, 0.15) is 24.6 Å². The summed E-state index contributed by atoms with van der Waals surface area (Å²) < 4.78 is 5.78. The lowest BCUT2D eigenvalue weighted by atomic mass is 10.2. The number of hydrogen-bond donors (Lipinski definition) is 1. The summed E-state index contributed by atoms with van der Waals surface area (Å²) in [4.78, 5) is 4.48. The van der Waals surface area contributed by atoms with Gasteiger partial charge in [-0.2, -0.15) is 0 Å². The largest absolute Gasteiger partial charge is 0.487 e. The molecular weight excluding hydrogens is 307 g/mol. The van der Waals surface area contributed by atoms with E-state index in [1.807, 2.05) is 31.2 Å². The molecule has 0 radical (unpaired) electrons. The van der Waals surface area contributed by atoms with Crippen molar-refractivity contribution in [3.63, 3.8) is 0 Å². The maximum Gasteiger partial charge on any atom is 0.132 e. The SMILES string of the molecule is CCCNc1ccc(Cl)c(COc2ccc(Cl)cc2C)n1. The minimum absolute atomic E-state index is 0.322. The van der Waals surface area contributed by atoms with E-state index in [1.54, 1.807) is 6.07 Å². The second kappa shape index (κ2) is 7.53. The van der Waals surface area contributed by atoms with Crippen molar-refractivity contribution in [2.45, 2.75) is 26.9 Å². The number of anilines is 1. The van der Waals surface area contributed by atoms with Crippen molar-refractivity contribution in [2.75, 3.05) is 11.9 Å². The molecule has 1 N–H and O–H groups in total. The fourth-order valence-electron chi connectivity index (χ4n) is 1.86. The highest BCUT2D eigenvalue weighted by molar-refractivity contribution is 6.31. The van der Waals surface area contributed by atoms with Crippen molar-refractivity contribution in [1.82, 2.24) is 4.98 Å². The molecule has 1 heterocycles. The van der Waals surface area contributed by atoms with Crippen molar-refractivity contribution in [1.29, 1.82) is 0 Å². The third kappa shape index (κ3) is 4.51. The summed E-state index contributed by atoms with van der Waals surface area (Å²) in [7, 11) is 0. The number of aromatic nitrogens is 1. The van der Waals surface area contributed by atoms with Gasteiger partial charge in [-0.25, -0.2) is 4.98 Å². The fourth-order valence-corrected chi connectivity index (χ4v) is 2.24. The molecule has 0 aliphatic heterocycles. The van der Waals surface area contributed by atoms with Crippen molar-refractivity contribution in [3.8, 4) is 5.75 Å². The summed E-state index contributed by atoms with van der Waals surface area (Å²) in [5.41, 5.74) is 1.70. The third-order valence-electron chi connectivity index (χ3n) is 2.98. The molecular formula is C16H18Cl2N2O. The Balaban J connectivity index is 2.08. The van der Waals surface area contributed by atoms with Crippen LogP contribution in [-0.2, 0) is 6.61 Å². The van der Waals surface area contributed by atoms with Gasteiger partial charge in [0.15, 0.2) is 0 Å². The molecule has 5 heteroatoms. The van der Waals surface area contributed by atoms with Crippen molar-refractivity contribution < 1.29 is 4.74 Å². The first-order valence-corrected chi connectivity index (χ1v) is 7.64. The summed E-state index contributed by atoms with van der Waals surface area (Å²) in [6.07, 6.45) is 1.04. The highest BCUT2D eigenvalue weighted by Gasteiger charge is 2.07. The fraction of sp³-hybridized carbons (Fsp3) is 0.312. The number of ether oxygens (including phenoxy) is 1. The van der Waals surface area contributed by atoms with Crippen molar-refractivity contribution in [3.05, 3.63) is 51.6 Å². The monoisotopic (exact) mass is 324 g/mol. The average Bonchev–Trinajstić information content (AvgIpc) is 2.46. The van der Waals surface area contributed by atoms with E-state index in [9.17, 15) is 0 Å². The van der Waals surface area contributed by atoms with Crippen molar-refractivity contribution >= 4 is 29.0 Å². The van der Waals surface area contributed by atoms with Crippen LogP contribution in [0.4, 0.5) is 5.82 Å². The van der Waals surface area contributed by atoms with Crippen LogP contribution in [0.15, 0.2) is 30.3 Å². The highest BCUT2D eigenvalue weighted by atomic mass is 35.5. The Labute approximate surface area is 135 Å². The average molecular weight is 325 g/mol. The van der Waals surface area contributed by atoms with Gasteiger partial charge < -0.3 is 10.1 Å². The Morgan fingerprint density at radius 3 is 2.71 bits per heavy atom. The summed E-state index contributed by atoms with van der Waals surface area (Å²) in [6.45, 7) is 5.26. The Kier molecular flexibility index (Phi) is 5.71. The standard InChI is InChI=1S/C16H18Cl2N2O/c1-3-8-19-16-7-5-13(18)14(20-16)10-21-15-6-4-12(17)9-11(15)2/h4-7,9H,3,8,10H2,1-2H3,(H,19,20). The van der Waals surface area contributed by atoms with Gasteiger partial charge >= 0.3 is 0 Å². The number of halogens is 2. The van der Waals surface area contributed by atoms with E-state index in [2.05, 4.69) is 17.2 Å². The number of nitrogens with zero attached hydrogens (tertiary/aromatic N) is 1. The zero-order chi connectivity index (χ0) is 15.2. The van der Waals surface area contributed by atoms with Crippen LogP contribution in [0.5, 0.6) is 5.75 Å². The van der Waals surface area contributed by atoms with Gasteiger partial charge in [-0.15, -0.1) is 0 Å². The van der Waals surface area contributed by atoms with Gasteiger partial charge in [0.1, 0.15) is 18.2 Å². The first-order valence-electron chi connectivity index (χ1n) is 6.88. The molecule has 0 atom stereocenters. The molecule has 0 saturated carbocycles. The summed E-state index contributed by atoms with van der Waals surface area (Å²) in [5.74, 6) is 1.59. The van der Waals surface area contributed by atoms with Crippen LogP contribution in [0.25, 0.3) is 0 Å². The normalized spacial score (nSPS) is 10.5. The van der Waals surface area contributed by atoms with Crippen LogP contribution in [-0.4, -0.2) is 11.5 Å². The number of aryl methyl sites for hydroxylation is 1. The molecule has 0 aliphatic carbocycles. The predicted octanol–water partition coefficient (Wildman–Crippen LogP) is 5.10. The molecule has 0 fully saturated rings. The molecule has 0 amide bonds. The topological polar surface area (TPSA) is 34.1 Å². The lowest BCUT2D eigenvalue weighted by Gasteiger charge is -2.11. The maximum absolute atomic E-state index is 6.17. The summed E-state index contributed by atoms with van der Waals surface area (Å²) >= 11 is 12.1. The molecule has 0 saturated heterocycles. The van der Waals surface area contributed by atoms with Gasteiger partial charge in [-0.1, -0.05) is 30.1 Å². The van der Waals surface area contributed by atoms with E-state index >= 15 is 0 Å². The molecule has 112 valence electrons. The second-order valence-electron chi connectivity index (χ2n) is 4.75. The zero-order valence-corrected chi connectivity index (χ0v) is 13.6. The smallest absolute Gasteiger partial charge is 0.132 e. The quantitative estimate of drug-likeness (QED) is 0.802. The Morgan fingerprint density at radius 1 is 1.19 bits per heavy atom. The Bertz CT molecular complexity index is 617. The van der Waals surface area contributed by atoms with E-state index in [-0.39, 0.29) is 0 Å². The molecule has 1 aromatic carbocycles. The van der Waals surface area contributed by atoms with E-state index in [4.69, 9.17) is 27.9 Å². The molecule has 0 bridgehead atoms. The van der Waals surface area contributed by atoms with Crippen LogP contribution < -0.4 is 10.1 Å². The first kappa shape index (κ1) is 15.9. The van der Waals surface area contributed by atoms with Crippen LogP contribution in [0.2, 0.25) is 10.0 Å². The van der Waals surface area contributed by atoms with Crippen LogP contribution >= 0.6 is 23.2 Å². The number of rotatable bonds is 6. The molecule has 3 nitrogen and oxygen atoms in total. The first-order chi connectivity index (χ1) is 10.1. The number of nitrogens with one attached hydrogen (secondary N) is 1. The summed E-state index contributed by atoms with van der Waals surface area (Å²) in [5, 5.41) is 4.53. The van der Waals surface area contributed by atoms with Crippen LogP contribution in [0, 0.1) is 6.92 Å². The molecule has 0 unspecified atom stereocenters. The molecule has 2 rings (SSSR count). The molecule has 0 spiro atoms. The van der Waals surface area contributed by atoms with E-state index < -0.39 is 0 Å². The maximum atomic E-state index is 6.17. The van der Waals surface area contributed by atoms with Crippen molar-refractivity contribution in [2.24, 2.45) is 0 Å². The number of pyridine rings is 1. The van der Waals surface area contributed by atoms with Gasteiger partial charge in [0.25, 0.3) is 0 Å². The second-order valence-corrected chi connectivity index (χ2v) is 5.59. The Morgan fingerprint density at radius 2 is 2.00 bits per heavy atom. The Hall–Kier alpha value is -1.45. The minimum Gasteiger partial charge on any atom is -0.487 e. The lowest BCUT2D eigenvalue weighted by Crippen LogP contribution is -2.06. The molecule has 21 heavy (non-hydrogen) atoms. The highest BCUT2D eigenvalue weighted by Crippen LogP contribution is 2.24. The summed E-state index contributed by atoms with van der Waals surface area (Å²) in [6, 6.07) is 9.23. The van der Waals surface area contributed by atoms with Crippen LogP contribution in [0.3, 0.4) is 0 Å². The van der Waals surface area contributed by atoms with Gasteiger partial charge in [-0.05, 0) is 49.2 Å². The number of benzene rings is 1. The molecule has 1 aromatic heterocycles. The lowest BCUT2D eigenvalue weighted by molar-refractivity contribution is 0.299. The number of hydrogen-bond acceptors (Lipinski definition) is 3. The molecule has 2 aromatic rings. The predicted molar refractivity (Wildman–Crippen MR) is 88.5 cm³/mol. The van der Waals surface area contributed by atoms with Gasteiger partial charge in [0.05, 0.1) is 10.7 Å². The van der Waals surface area contributed by atoms with E-state index in [0.717, 1.165) is 30.1 Å². The van der Waals surface area contributed by atoms with E-state index in [1.165, 1.54) is 0 Å². The third-order valence-corrected chi connectivity index (χ3v) is 3.56. The minimum atomic E-state index is 0.322. The van der Waals surface area contributed by atoms with Gasteiger partial charge in [0.2, 0.25) is 0 Å².